The summed E-state index contributed by atoms with van der Waals surface area (Å²) >= 11 is 6.27. The maximum absolute atomic E-state index is 6.27. The molecule has 1 aromatic carbocycles. The third kappa shape index (κ3) is 3.88. The molecule has 0 saturated carbocycles. The van der Waals surface area contributed by atoms with Gasteiger partial charge in [0.15, 0.2) is 0 Å². The number of rotatable bonds is 5. The van der Waals surface area contributed by atoms with Crippen LogP contribution in [0.3, 0.4) is 0 Å². The Balaban J connectivity index is 2.04. The van der Waals surface area contributed by atoms with E-state index >= 15 is 0 Å². The Hall–Kier alpha value is -2.66. The fraction of sp³-hybridized carbons (Fsp3) is 0.211. The number of hydrogen-bond acceptors (Lipinski definition) is 5. The third-order valence-electron chi connectivity index (χ3n) is 3.90. The number of benzene rings is 1. The van der Waals surface area contributed by atoms with E-state index in [-0.39, 0.29) is 0 Å². The molecule has 0 radical (unpaired) electrons. The van der Waals surface area contributed by atoms with Crippen molar-refractivity contribution in [3.63, 3.8) is 0 Å². The van der Waals surface area contributed by atoms with E-state index in [9.17, 15) is 0 Å². The van der Waals surface area contributed by atoms with Gasteiger partial charge in [0.2, 0.25) is 5.95 Å². The molecular formula is C19H20ClN5. The Morgan fingerprint density at radius 3 is 2.52 bits per heavy atom. The van der Waals surface area contributed by atoms with E-state index in [4.69, 9.17) is 11.6 Å². The minimum atomic E-state index is 0.580. The van der Waals surface area contributed by atoms with Crippen LogP contribution in [-0.4, -0.2) is 21.5 Å². The topological polar surface area (TPSA) is 62.7 Å². The first-order valence-electron chi connectivity index (χ1n) is 8.14. The van der Waals surface area contributed by atoms with E-state index in [1.807, 2.05) is 51.1 Å². The van der Waals surface area contributed by atoms with Crippen LogP contribution in [0.4, 0.5) is 17.5 Å². The molecule has 2 aromatic heterocycles. The predicted octanol–water partition coefficient (Wildman–Crippen LogP) is 4.98. The number of nitrogens with zero attached hydrogens (tertiary/aromatic N) is 3. The SMILES string of the molecule is CCNc1nc(Nc2c(C)ccc(Cl)c2C)cc(-c2ccncc2)n1. The summed E-state index contributed by atoms with van der Waals surface area (Å²) in [5.74, 6) is 1.29. The molecule has 0 atom stereocenters. The minimum Gasteiger partial charge on any atom is -0.354 e. The smallest absolute Gasteiger partial charge is 0.225 e. The molecule has 2 heterocycles. The molecule has 0 unspecified atom stereocenters. The van der Waals surface area contributed by atoms with Gasteiger partial charge in [0.1, 0.15) is 5.82 Å². The molecular weight excluding hydrogens is 334 g/mol. The average molecular weight is 354 g/mol. The third-order valence-corrected chi connectivity index (χ3v) is 4.31. The van der Waals surface area contributed by atoms with Gasteiger partial charge in [-0.2, -0.15) is 4.98 Å². The lowest BCUT2D eigenvalue weighted by atomic mass is 10.1. The molecule has 0 bridgehead atoms. The number of aryl methyl sites for hydroxylation is 1. The lowest BCUT2D eigenvalue weighted by Gasteiger charge is -2.15. The largest absolute Gasteiger partial charge is 0.354 e. The first-order chi connectivity index (χ1) is 12.1. The maximum Gasteiger partial charge on any atom is 0.225 e. The van der Waals surface area contributed by atoms with E-state index in [2.05, 4.69) is 25.6 Å². The molecule has 5 nitrogen and oxygen atoms in total. The highest BCUT2D eigenvalue weighted by atomic mass is 35.5. The van der Waals surface area contributed by atoms with Crippen molar-refractivity contribution < 1.29 is 0 Å². The van der Waals surface area contributed by atoms with Crippen LogP contribution in [0.15, 0.2) is 42.7 Å². The highest BCUT2D eigenvalue weighted by Crippen LogP contribution is 2.30. The Kier molecular flexibility index (Phi) is 5.14. The van der Waals surface area contributed by atoms with Crippen LogP contribution < -0.4 is 10.6 Å². The number of halogens is 1. The van der Waals surface area contributed by atoms with Gasteiger partial charge in [-0.1, -0.05) is 17.7 Å². The summed E-state index contributed by atoms with van der Waals surface area (Å²) in [5.41, 5.74) is 4.88. The summed E-state index contributed by atoms with van der Waals surface area (Å²) in [4.78, 5) is 13.2. The van der Waals surface area contributed by atoms with Crippen LogP contribution >= 0.6 is 11.6 Å². The number of anilines is 3. The number of pyridine rings is 1. The van der Waals surface area contributed by atoms with Crippen LogP contribution in [0.1, 0.15) is 18.1 Å². The molecule has 128 valence electrons. The molecule has 0 amide bonds. The van der Waals surface area contributed by atoms with Crippen molar-refractivity contribution in [1.82, 2.24) is 15.0 Å². The summed E-state index contributed by atoms with van der Waals surface area (Å²) in [5, 5.41) is 7.31. The summed E-state index contributed by atoms with van der Waals surface area (Å²) in [7, 11) is 0. The molecule has 2 N–H and O–H groups in total. The van der Waals surface area contributed by atoms with Gasteiger partial charge in [-0.25, -0.2) is 4.98 Å². The molecule has 25 heavy (non-hydrogen) atoms. The highest BCUT2D eigenvalue weighted by molar-refractivity contribution is 6.31. The second-order valence-corrected chi connectivity index (χ2v) is 6.12. The van der Waals surface area contributed by atoms with Gasteiger partial charge >= 0.3 is 0 Å². The van der Waals surface area contributed by atoms with Gasteiger partial charge in [-0.05, 0) is 50.1 Å². The second-order valence-electron chi connectivity index (χ2n) is 5.72. The normalized spacial score (nSPS) is 10.6. The van der Waals surface area contributed by atoms with E-state index in [1.54, 1.807) is 12.4 Å². The van der Waals surface area contributed by atoms with Crippen LogP contribution in [0, 0.1) is 13.8 Å². The van der Waals surface area contributed by atoms with Crippen molar-refractivity contribution >= 4 is 29.1 Å². The van der Waals surface area contributed by atoms with Crippen molar-refractivity contribution in [1.29, 1.82) is 0 Å². The van der Waals surface area contributed by atoms with Crippen molar-refractivity contribution in [2.24, 2.45) is 0 Å². The van der Waals surface area contributed by atoms with Crippen molar-refractivity contribution in [3.8, 4) is 11.3 Å². The Morgan fingerprint density at radius 1 is 1.04 bits per heavy atom. The van der Waals surface area contributed by atoms with E-state index in [0.717, 1.165) is 39.6 Å². The molecule has 0 saturated heterocycles. The first kappa shape index (κ1) is 17.2. The summed E-state index contributed by atoms with van der Waals surface area (Å²) < 4.78 is 0. The zero-order chi connectivity index (χ0) is 17.8. The number of nitrogens with one attached hydrogen (secondary N) is 2. The maximum atomic E-state index is 6.27. The minimum absolute atomic E-state index is 0.580. The van der Waals surface area contributed by atoms with Gasteiger partial charge in [0.05, 0.1) is 5.69 Å². The first-order valence-corrected chi connectivity index (χ1v) is 8.52. The highest BCUT2D eigenvalue weighted by Gasteiger charge is 2.10. The number of aromatic nitrogens is 3. The Labute approximate surface area is 152 Å². The van der Waals surface area contributed by atoms with Gasteiger partial charge in [-0.3, -0.25) is 4.98 Å². The Bertz CT molecular complexity index is 880. The van der Waals surface area contributed by atoms with Crippen molar-refractivity contribution in [2.45, 2.75) is 20.8 Å². The van der Waals surface area contributed by atoms with Crippen LogP contribution in [0.25, 0.3) is 11.3 Å². The van der Waals surface area contributed by atoms with E-state index in [0.29, 0.717) is 11.8 Å². The van der Waals surface area contributed by atoms with Gasteiger partial charge < -0.3 is 10.6 Å². The monoisotopic (exact) mass is 353 g/mol. The van der Waals surface area contributed by atoms with Crippen LogP contribution in [0.2, 0.25) is 5.02 Å². The van der Waals surface area contributed by atoms with Crippen molar-refractivity contribution in [3.05, 3.63) is 58.9 Å². The summed E-state index contributed by atoms with van der Waals surface area (Å²) in [6.07, 6.45) is 3.51. The predicted molar refractivity (Wildman–Crippen MR) is 104 cm³/mol. The lowest BCUT2D eigenvalue weighted by molar-refractivity contribution is 1.09. The molecule has 0 aliphatic carbocycles. The zero-order valence-electron chi connectivity index (χ0n) is 14.5. The molecule has 6 heteroatoms. The van der Waals surface area contributed by atoms with Gasteiger partial charge in [0.25, 0.3) is 0 Å². The zero-order valence-corrected chi connectivity index (χ0v) is 15.2. The quantitative estimate of drug-likeness (QED) is 0.677. The van der Waals surface area contributed by atoms with Gasteiger partial charge in [0, 0.05) is 41.3 Å². The molecule has 0 spiro atoms. The fourth-order valence-corrected chi connectivity index (χ4v) is 2.72. The second kappa shape index (κ2) is 7.49. The molecule has 3 aromatic rings. The van der Waals surface area contributed by atoms with Crippen LogP contribution in [0.5, 0.6) is 0 Å². The van der Waals surface area contributed by atoms with E-state index < -0.39 is 0 Å². The molecule has 0 fully saturated rings. The van der Waals surface area contributed by atoms with Crippen LogP contribution in [-0.2, 0) is 0 Å². The Morgan fingerprint density at radius 2 is 1.80 bits per heavy atom. The van der Waals surface area contributed by atoms with E-state index in [1.165, 1.54) is 0 Å². The summed E-state index contributed by atoms with van der Waals surface area (Å²) in [6, 6.07) is 9.68. The van der Waals surface area contributed by atoms with Crippen molar-refractivity contribution in [2.75, 3.05) is 17.2 Å². The fourth-order valence-electron chi connectivity index (χ4n) is 2.56. The number of hydrogen-bond donors (Lipinski definition) is 2. The standard InChI is InChI=1S/C19H20ClN5/c1-4-22-19-23-16(14-7-9-21-10-8-14)11-17(25-19)24-18-12(2)5-6-15(20)13(18)3/h5-11H,4H2,1-3H3,(H2,22,23,24,25). The lowest BCUT2D eigenvalue weighted by Crippen LogP contribution is -2.06. The van der Waals surface area contributed by atoms with Gasteiger partial charge in [-0.15, -0.1) is 0 Å². The molecule has 3 rings (SSSR count). The molecule has 0 aliphatic heterocycles. The summed E-state index contributed by atoms with van der Waals surface area (Å²) in [6.45, 7) is 6.80. The average Bonchev–Trinajstić information content (AvgIpc) is 2.63. The molecule has 0 aliphatic rings.